The first kappa shape index (κ1) is 11.3. The topological polar surface area (TPSA) is 56.5 Å². The molecule has 2 unspecified atom stereocenters. The van der Waals surface area contributed by atoms with Gasteiger partial charge in [-0.25, -0.2) is 0 Å². The lowest BCUT2D eigenvalue weighted by Crippen LogP contribution is -2.50. The summed E-state index contributed by atoms with van der Waals surface area (Å²) in [6, 6.07) is 0.209. The molecule has 3 N–H and O–H groups in total. The van der Waals surface area contributed by atoms with Crippen molar-refractivity contribution in [3.63, 3.8) is 0 Å². The molecule has 0 spiro atoms. The highest BCUT2D eigenvalue weighted by molar-refractivity contribution is 4.88. The van der Waals surface area contributed by atoms with Gasteiger partial charge in [-0.3, -0.25) is 0 Å². The second-order valence-electron chi connectivity index (χ2n) is 5.02. The van der Waals surface area contributed by atoms with Crippen LogP contribution in [0.2, 0.25) is 0 Å². The average Bonchev–Trinajstić information content (AvgIpc) is 2.62. The van der Waals surface area contributed by atoms with E-state index in [1.165, 1.54) is 0 Å². The number of hydrogen-bond acceptors (Lipinski definition) is 4. The molecule has 0 aliphatic carbocycles. The van der Waals surface area contributed by atoms with Crippen molar-refractivity contribution >= 4 is 0 Å². The Morgan fingerprint density at radius 3 is 2.60 bits per heavy atom. The minimum atomic E-state index is 0.209. The molecule has 4 heteroatoms. The van der Waals surface area contributed by atoms with E-state index >= 15 is 0 Å². The van der Waals surface area contributed by atoms with Crippen molar-refractivity contribution in [2.75, 3.05) is 33.0 Å². The van der Waals surface area contributed by atoms with E-state index in [0.717, 1.165) is 39.2 Å². The van der Waals surface area contributed by atoms with Crippen LogP contribution in [0.4, 0.5) is 0 Å². The zero-order valence-electron chi connectivity index (χ0n) is 9.50. The molecule has 88 valence electrons. The summed E-state index contributed by atoms with van der Waals surface area (Å²) < 4.78 is 10.7. The van der Waals surface area contributed by atoms with Crippen LogP contribution in [-0.4, -0.2) is 44.6 Å². The largest absolute Gasteiger partial charge is 0.381 e. The van der Waals surface area contributed by atoms with Gasteiger partial charge in [-0.1, -0.05) is 0 Å². The molecule has 2 rings (SSSR count). The summed E-state index contributed by atoms with van der Waals surface area (Å²) in [7, 11) is 0. The molecule has 0 radical (unpaired) electrons. The maximum atomic E-state index is 5.95. The fourth-order valence-electron chi connectivity index (χ4n) is 2.20. The van der Waals surface area contributed by atoms with Crippen LogP contribution in [0.3, 0.4) is 0 Å². The van der Waals surface area contributed by atoms with Crippen molar-refractivity contribution in [3.05, 3.63) is 0 Å². The summed E-state index contributed by atoms with van der Waals surface area (Å²) in [6.45, 7) is 6.51. The van der Waals surface area contributed by atoms with Crippen molar-refractivity contribution in [1.29, 1.82) is 0 Å². The van der Waals surface area contributed by atoms with E-state index < -0.39 is 0 Å². The molecule has 2 aliphatic rings. The Morgan fingerprint density at radius 1 is 1.27 bits per heavy atom. The molecule has 15 heavy (non-hydrogen) atoms. The van der Waals surface area contributed by atoms with Gasteiger partial charge in [0.2, 0.25) is 0 Å². The Labute approximate surface area is 91.5 Å². The molecule has 4 nitrogen and oxygen atoms in total. The molecule has 2 saturated heterocycles. The van der Waals surface area contributed by atoms with E-state index in [-0.39, 0.29) is 11.6 Å². The average molecular weight is 214 g/mol. The Hall–Kier alpha value is -0.160. The first-order valence-electron chi connectivity index (χ1n) is 5.86. The molecule has 0 aromatic heterocycles. The highest BCUT2D eigenvalue weighted by Gasteiger charge is 2.30. The second-order valence-corrected chi connectivity index (χ2v) is 5.02. The van der Waals surface area contributed by atoms with Gasteiger partial charge in [-0.15, -0.1) is 0 Å². The summed E-state index contributed by atoms with van der Waals surface area (Å²) in [4.78, 5) is 0. The van der Waals surface area contributed by atoms with Crippen LogP contribution < -0.4 is 11.1 Å². The highest BCUT2D eigenvalue weighted by Crippen LogP contribution is 2.21. The Kier molecular flexibility index (Phi) is 3.61. The SMILES string of the molecule is CC1(NCC2COCC2N)CCOCC1. The number of ether oxygens (including phenoxy) is 2. The fraction of sp³-hybridized carbons (Fsp3) is 1.00. The van der Waals surface area contributed by atoms with Crippen LogP contribution >= 0.6 is 0 Å². The van der Waals surface area contributed by atoms with Crippen molar-refractivity contribution in [3.8, 4) is 0 Å². The quantitative estimate of drug-likeness (QED) is 0.700. The van der Waals surface area contributed by atoms with Crippen molar-refractivity contribution in [1.82, 2.24) is 5.32 Å². The molecule has 0 aromatic carbocycles. The van der Waals surface area contributed by atoms with Gasteiger partial charge in [-0.05, 0) is 19.8 Å². The standard InChI is InChI=1S/C11H22N2O2/c1-11(2-4-14-5-3-11)13-6-9-7-15-8-10(9)12/h9-10,13H,2-8,12H2,1H3. The van der Waals surface area contributed by atoms with Gasteiger partial charge in [0.25, 0.3) is 0 Å². The van der Waals surface area contributed by atoms with Gasteiger partial charge in [-0.2, -0.15) is 0 Å². The predicted molar refractivity (Wildman–Crippen MR) is 58.7 cm³/mol. The normalized spacial score (nSPS) is 35.6. The summed E-state index contributed by atoms with van der Waals surface area (Å²) in [5.74, 6) is 0.477. The lowest BCUT2D eigenvalue weighted by Gasteiger charge is -2.35. The molecular formula is C11H22N2O2. The van der Waals surface area contributed by atoms with Crippen LogP contribution in [0.1, 0.15) is 19.8 Å². The van der Waals surface area contributed by atoms with Gasteiger partial charge in [0.15, 0.2) is 0 Å². The van der Waals surface area contributed by atoms with Crippen LogP contribution in [0.25, 0.3) is 0 Å². The first-order valence-corrected chi connectivity index (χ1v) is 5.86. The van der Waals surface area contributed by atoms with E-state index in [2.05, 4.69) is 12.2 Å². The first-order chi connectivity index (χ1) is 7.20. The van der Waals surface area contributed by atoms with Gasteiger partial charge >= 0.3 is 0 Å². The third-order valence-electron chi connectivity index (χ3n) is 3.64. The highest BCUT2D eigenvalue weighted by atomic mass is 16.5. The van der Waals surface area contributed by atoms with E-state index in [1.807, 2.05) is 0 Å². The van der Waals surface area contributed by atoms with Crippen LogP contribution in [0.5, 0.6) is 0 Å². The van der Waals surface area contributed by atoms with Crippen LogP contribution in [-0.2, 0) is 9.47 Å². The molecule has 0 amide bonds. The van der Waals surface area contributed by atoms with Crippen LogP contribution in [0, 0.1) is 5.92 Å². The summed E-state index contributed by atoms with van der Waals surface area (Å²) >= 11 is 0. The smallest absolute Gasteiger partial charge is 0.0621 e. The Morgan fingerprint density at radius 2 is 2.00 bits per heavy atom. The van der Waals surface area contributed by atoms with E-state index in [0.29, 0.717) is 12.5 Å². The number of nitrogens with two attached hydrogens (primary N) is 1. The maximum absolute atomic E-state index is 5.95. The Balaban J connectivity index is 1.76. The van der Waals surface area contributed by atoms with Gasteiger partial charge in [0.05, 0.1) is 13.2 Å². The minimum absolute atomic E-state index is 0.209. The van der Waals surface area contributed by atoms with Gasteiger partial charge in [0, 0.05) is 37.3 Å². The van der Waals surface area contributed by atoms with Crippen molar-refractivity contribution < 1.29 is 9.47 Å². The zero-order valence-corrected chi connectivity index (χ0v) is 9.50. The predicted octanol–water partition coefficient (Wildman–Crippen LogP) is 0.119. The molecule has 0 bridgehead atoms. The summed E-state index contributed by atoms with van der Waals surface area (Å²) in [5.41, 5.74) is 6.18. The van der Waals surface area contributed by atoms with E-state index in [4.69, 9.17) is 15.2 Å². The van der Waals surface area contributed by atoms with Crippen LogP contribution in [0.15, 0.2) is 0 Å². The van der Waals surface area contributed by atoms with Gasteiger partial charge < -0.3 is 20.5 Å². The molecular weight excluding hydrogens is 192 g/mol. The fourth-order valence-corrected chi connectivity index (χ4v) is 2.20. The number of rotatable bonds is 3. The number of nitrogens with one attached hydrogen (secondary N) is 1. The summed E-state index contributed by atoms with van der Waals surface area (Å²) in [5, 5.41) is 3.63. The molecule has 0 aromatic rings. The Bertz CT molecular complexity index is 205. The molecule has 2 fully saturated rings. The molecule has 2 atom stereocenters. The summed E-state index contributed by atoms with van der Waals surface area (Å²) in [6.07, 6.45) is 2.19. The van der Waals surface area contributed by atoms with Gasteiger partial charge in [0.1, 0.15) is 0 Å². The third-order valence-corrected chi connectivity index (χ3v) is 3.64. The molecule has 0 saturated carbocycles. The second kappa shape index (κ2) is 4.78. The minimum Gasteiger partial charge on any atom is -0.381 e. The third kappa shape index (κ3) is 2.91. The number of hydrogen-bond donors (Lipinski definition) is 2. The van der Waals surface area contributed by atoms with Crippen molar-refractivity contribution in [2.24, 2.45) is 11.7 Å². The molecule has 2 aliphatic heterocycles. The lowest BCUT2D eigenvalue weighted by atomic mass is 9.91. The maximum Gasteiger partial charge on any atom is 0.0621 e. The lowest BCUT2D eigenvalue weighted by molar-refractivity contribution is 0.0433. The molecule has 2 heterocycles. The van der Waals surface area contributed by atoms with E-state index in [9.17, 15) is 0 Å². The van der Waals surface area contributed by atoms with E-state index in [1.54, 1.807) is 0 Å². The zero-order chi connectivity index (χ0) is 10.7. The monoisotopic (exact) mass is 214 g/mol. The van der Waals surface area contributed by atoms with Crippen molar-refractivity contribution in [2.45, 2.75) is 31.3 Å².